The van der Waals surface area contributed by atoms with E-state index in [-0.39, 0.29) is 35.7 Å². The number of carbonyl (C=O) groups is 4. The zero-order valence-corrected chi connectivity index (χ0v) is 23.9. The molecule has 9 nitrogen and oxygen atoms in total. The summed E-state index contributed by atoms with van der Waals surface area (Å²) < 4.78 is 15.6. The molecule has 0 N–H and O–H groups in total. The van der Waals surface area contributed by atoms with Crippen molar-refractivity contribution < 1.29 is 32.5 Å². The molecule has 0 aliphatic carbocycles. The Morgan fingerprint density at radius 2 is 0.765 bits per heavy atom. The van der Waals surface area contributed by atoms with Gasteiger partial charge in [-0.05, 0) is 33.6 Å². The van der Waals surface area contributed by atoms with E-state index >= 15 is 0 Å². The topological polar surface area (TPSA) is 102 Å². The van der Waals surface area contributed by atoms with Crippen LogP contribution >= 0.6 is 0 Å². The molecular formula is C24H44N2O7Si. The van der Waals surface area contributed by atoms with Crippen molar-refractivity contribution in [2.45, 2.75) is 79.9 Å². The number of rotatable bonds is 6. The van der Waals surface area contributed by atoms with Gasteiger partial charge in [-0.25, -0.2) is 0 Å². The normalized spacial score (nSPS) is 15.2. The van der Waals surface area contributed by atoms with Crippen molar-refractivity contribution in [1.82, 2.24) is 9.80 Å². The van der Waals surface area contributed by atoms with Crippen LogP contribution in [0, 0.1) is 5.92 Å². The predicted octanol–water partition coefficient (Wildman–Crippen LogP) is 3.58. The van der Waals surface area contributed by atoms with Gasteiger partial charge in [0.05, 0.1) is 0 Å². The first kappa shape index (κ1) is 34.0. The Morgan fingerprint density at radius 3 is 0.824 bits per heavy atom. The highest BCUT2D eigenvalue weighted by molar-refractivity contribution is 6.62. The molecule has 0 saturated heterocycles. The molecule has 0 aromatic rings. The van der Waals surface area contributed by atoms with Crippen LogP contribution in [-0.2, 0) is 32.5 Å². The van der Waals surface area contributed by atoms with Gasteiger partial charge in [0.25, 0.3) is 23.6 Å². The van der Waals surface area contributed by atoms with Crippen LogP contribution in [0.1, 0.15) is 62.3 Å². The van der Waals surface area contributed by atoms with Gasteiger partial charge in [0.15, 0.2) is 0 Å². The molecule has 0 spiro atoms. The van der Waals surface area contributed by atoms with E-state index in [0.717, 1.165) is 5.92 Å². The van der Waals surface area contributed by atoms with Gasteiger partial charge < -0.3 is 13.3 Å². The molecule has 0 atom stereocenters. The van der Waals surface area contributed by atoms with E-state index in [9.17, 15) is 19.2 Å². The first-order chi connectivity index (χ1) is 15.6. The quantitative estimate of drug-likeness (QED) is 0.406. The van der Waals surface area contributed by atoms with Crippen LogP contribution in [0.4, 0.5) is 0 Å². The molecule has 0 radical (unpaired) electrons. The maximum absolute atomic E-state index is 10.8. The van der Waals surface area contributed by atoms with Gasteiger partial charge in [-0.2, -0.15) is 0 Å². The zero-order chi connectivity index (χ0) is 27.2. The summed E-state index contributed by atoms with van der Waals surface area (Å²) in [6.45, 7) is 17.8. The van der Waals surface area contributed by atoms with Crippen molar-refractivity contribution in [3.8, 4) is 0 Å². The van der Waals surface area contributed by atoms with Crippen LogP contribution in [0.2, 0.25) is 5.54 Å². The molecule has 10 heteroatoms. The summed E-state index contributed by atoms with van der Waals surface area (Å²) >= 11 is 0. The molecule has 196 valence electrons. The Hall–Kier alpha value is -2.14. The second-order valence-corrected chi connectivity index (χ2v) is 12.6. The van der Waals surface area contributed by atoms with Crippen LogP contribution in [-0.4, -0.2) is 75.6 Å². The van der Waals surface area contributed by atoms with Crippen LogP contribution in [0.25, 0.3) is 0 Å². The average Bonchev–Trinajstić information content (AvgIpc) is 3.24. The van der Waals surface area contributed by atoms with E-state index in [1.165, 1.54) is 34.1 Å². The third kappa shape index (κ3) is 11.3. The van der Waals surface area contributed by atoms with E-state index in [1.807, 2.05) is 41.5 Å². The summed E-state index contributed by atoms with van der Waals surface area (Å²) in [7, 11) is 2.58. The van der Waals surface area contributed by atoms with Crippen LogP contribution in [0.15, 0.2) is 24.3 Å². The molecule has 0 fully saturated rings. The fraction of sp³-hybridized carbons (Fsp3) is 0.667. The number of carbonyl (C=O) groups excluding carboxylic acids is 4. The number of nitrogens with zero attached hydrogens (tertiary/aromatic N) is 2. The van der Waals surface area contributed by atoms with Crippen molar-refractivity contribution >= 4 is 32.4 Å². The lowest BCUT2D eigenvalue weighted by molar-refractivity contribution is -0.140. The number of hydrogen-bond acceptors (Lipinski definition) is 7. The Balaban J connectivity index is 0. The van der Waals surface area contributed by atoms with Crippen molar-refractivity contribution in [3.63, 3.8) is 0 Å². The summed E-state index contributed by atoms with van der Waals surface area (Å²) in [6.07, 6.45) is 5.18. The molecule has 0 aromatic heterocycles. The predicted molar refractivity (Wildman–Crippen MR) is 135 cm³/mol. The van der Waals surface area contributed by atoms with Gasteiger partial charge in [-0.15, -0.1) is 0 Å². The smallest absolute Gasteiger partial charge is 0.377 e. The third-order valence-corrected chi connectivity index (χ3v) is 7.40. The summed E-state index contributed by atoms with van der Waals surface area (Å²) in [6, 6.07) is -0.0648. The van der Waals surface area contributed by atoms with Crippen molar-refractivity contribution in [2.75, 3.05) is 21.3 Å². The molecule has 4 amide bonds. The summed E-state index contributed by atoms with van der Waals surface area (Å²) in [4.78, 5) is 45.8. The zero-order valence-electron chi connectivity index (χ0n) is 22.9. The molecule has 2 aliphatic rings. The lowest BCUT2D eigenvalue weighted by atomic mass is 10.3. The maximum atomic E-state index is 10.8. The minimum absolute atomic E-state index is 0.0324. The molecule has 0 aromatic carbocycles. The molecule has 0 bridgehead atoms. The average molecular weight is 501 g/mol. The lowest BCUT2D eigenvalue weighted by Crippen LogP contribution is -2.45. The molecule has 2 aliphatic heterocycles. The highest BCUT2D eigenvalue weighted by Crippen LogP contribution is 2.21. The van der Waals surface area contributed by atoms with Gasteiger partial charge in [-0.3, -0.25) is 29.0 Å². The van der Waals surface area contributed by atoms with Gasteiger partial charge in [0, 0.05) is 63.3 Å². The lowest BCUT2D eigenvalue weighted by Gasteiger charge is -2.27. The number of imide groups is 2. The van der Waals surface area contributed by atoms with Gasteiger partial charge in [0.1, 0.15) is 0 Å². The van der Waals surface area contributed by atoms with E-state index in [4.69, 9.17) is 13.3 Å². The molecule has 2 rings (SSSR count). The first-order valence-electron chi connectivity index (χ1n) is 11.4. The Morgan fingerprint density at radius 1 is 0.559 bits per heavy atom. The monoisotopic (exact) mass is 500 g/mol. The Labute approximate surface area is 206 Å². The van der Waals surface area contributed by atoms with Gasteiger partial charge in [-0.1, -0.05) is 34.6 Å². The third-order valence-electron chi connectivity index (χ3n) is 4.28. The van der Waals surface area contributed by atoms with Crippen molar-refractivity contribution in [2.24, 2.45) is 5.92 Å². The number of hydrogen-bond donors (Lipinski definition) is 0. The second kappa shape index (κ2) is 16.5. The second-order valence-electron chi connectivity index (χ2n) is 9.05. The largest absolute Gasteiger partial charge is 0.502 e. The molecular weight excluding hydrogens is 456 g/mol. The first-order valence-corrected chi connectivity index (χ1v) is 13.2. The SMILES string of the molecule is CC(C)C.CC(C)N1C(=O)C=CC1=O.CC(C)N1C(=O)C=CC1=O.CO[Si](OC)(OC)C(C)C. The van der Waals surface area contributed by atoms with Gasteiger partial charge in [0.2, 0.25) is 0 Å². The Bertz CT molecular complexity index is 634. The van der Waals surface area contributed by atoms with E-state index in [0.29, 0.717) is 5.54 Å². The van der Waals surface area contributed by atoms with Crippen LogP contribution in [0.5, 0.6) is 0 Å². The highest BCUT2D eigenvalue weighted by Gasteiger charge is 2.41. The standard InChI is InChI=1S/2C7H9NO2.C6H16O3Si.C4H10/c2*1-5(2)8-6(9)3-4-7(8)10;1-6(2)10(7-3,8-4)9-5;1-4(2)3/h2*3-5H,1-2H3;6H,1-5H3;4H,1-3H3. The van der Waals surface area contributed by atoms with E-state index in [2.05, 4.69) is 20.8 Å². The van der Waals surface area contributed by atoms with Crippen LogP contribution < -0.4 is 0 Å². The molecule has 0 unspecified atom stereocenters. The highest BCUT2D eigenvalue weighted by atomic mass is 28.4. The minimum atomic E-state index is -2.29. The summed E-state index contributed by atoms with van der Waals surface area (Å²) in [5, 5.41) is 0. The minimum Gasteiger partial charge on any atom is -0.377 e. The molecule has 0 saturated carbocycles. The molecule has 34 heavy (non-hydrogen) atoms. The number of amides is 4. The van der Waals surface area contributed by atoms with E-state index in [1.54, 1.807) is 21.3 Å². The summed E-state index contributed by atoms with van der Waals surface area (Å²) in [5.74, 6) is 0.00000000000000111. The van der Waals surface area contributed by atoms with Crippen LogP contribution in [0.3, 0.4) is 0 Å². The maximum Gasteiger partial charge on any atom is 0.502 e. The van der Waals surface area contributed by atoms with Crippen molar-refractivity contribution in [3.05, 3.63) is 24.3 Å². The molecule has 2 heterocycles. The fourth-order valence-corrected chi connectivity index (χ4v) is 4.71. The van der Waals surface area contributed by atoms with E-state index < -0.39 is 8.80 Å². The van der Waals surface area contributed by atoms with Crippen molar-refractivity contribution in [1.29, 1.82) is 0 Å². The Kier molecular flexibility index (Phi) is 16.5. The summed E-state index contributed by atoms with van der Waals surface area (Å²) in [5.41, 5.74) is 0.312. The van der Waals surface area contributed by atoms with Gasteiger partial charge >= 0.3 is 8.80 Å². The fourth-order valence-electron chi connectivity index (χ4n) is 2.80.